The first-order valence-electron chi connectivity index (χ1n) is 8.89. The van der Waals surface area contributed by atoms with E-state index in [1.165, 1.54) is 37.3 Å². The molecule has 2 aromatic carbocycles. The first-order valence-corrected chi connectivity index (χ1v) is 10.7. The lowest BCUT2D eigenvalue weighted by atomic mass is 10.2. The largest absolute Gasteiger partial charge is 0.484 e. The van der Waals surface area contributed by atoms with Gasteiger partial charge in [0.15, 0.2) is 0 Å². The number of halogens is 1. The number of fused-ring (bicyclic) bond motifs is 1. The Hall–Kier alpha value is -3.49. The Morgan fingerprint density at radius 3 is 2.71 bits per heavy atom. The van der Waals surface area contributed by atoms with Gasteiger partial charge in [-0.15, -0.1) is 0 Å². The number of carboxylic acid groups (broad SMARTS) is 1. The molecule has 1 unspecified atom stereocenters. The van der Waals surface area contributed by atoms with Crippen LogP contribution in [0.4, 0.5) is 16.2 Å². The molecule has 2 amide bonds. The third kappa shape index (κ3) is 4.82. The molecule has 31 heavy (non-hydrogen) atoms. The minimum atomic E-state index is -4.27. The van der Waals surface area contributed by atoms with Crippen LogP contribution in [0, 0.1) is 11.3 Å². The second-order valence-corrected chi connectivity index (χ2v) is 8.82. The van der Waals surface area contributed by atoms with E-state index in [1.54, 1.807) is 0 Å². The number of nitrogens with zero attached hydrogens (tertiary/aromatic N) is 2. The summed E-state index contributed by atoms with van der Waals surface area (Å²) in [5, 5.41) is 22.8. The Morgan fingerprint density at radius 1 is 1.32 bits per heavy atom. The van der Waals surface area contributed by atoms with Crippen molar-refractivity contribution in [1.82, 2.24) is 5.32 Å². The lowest BCUT2D eigenvalue weighted by molar-refractivity contribution is -0.119. The maximum atomic E-state index is 13.5. The monoisotopic (exact) mass is 464 g/mol. The zero-order valence-corrected chi connectivity index (χ0v) is 17.7. The third-order valence-corrected chi connectivity index (χ3v) is 6.61. The second-order valence-electron chi connectivity index (χ2n) is 6.58. The number of ether oxygens (including phenoxy) is 1. The normalized spacial score (nSPS) is 15.3. The van der Waals surface area contributed by atoms with Gasteiger partial charge >= 0.3 is 6.09 Å². The summed E-state index contributed by atoms with van der Waals surface area (Å²) in [6.07, 6.45) is -2.04. The van der Waals surface area contributed by atoms with Crippen LogP contribution < -0.4 is 19.7 Å². The number of nitrogens with one attached hydrogen (secondary N) is 2. The minimum absolute atomic E-state index is 0.0435. The average molecular weight is 465 g/mol. The van der Waals surface area contributed by atoms with E-state index in [9.17, 15) is 18.0 Å². The van der Waals surface area contributed by atoms with Crippen molar-refractivity contribution >= 4 is 45.0 Å². The molecule has 1 aliphatic rings. The molecule has 12 heteroatoms. The highest BCUT2D eigenvalue weighted by atomic mass is 35.5. The molecule has 3 rings (SSSR count). The fourth-order valence-electron chi connectivity index (χ4n) is 2.99. The molecule has 0 bridgehead atoms. The molecule has 1 aliphatic heterocycles. The van der Waals surface area contributed by atoms with E-state index in [0.29, 0.717) is 0 Å². The van der Waals surface area contributed by atoms with E-state index < -0.39 is 22.2 Å². The van der Waals surface area contributed by atoms with Crippen LogP contribution in [0.1, 0.15) is 12.5 Å². The molecule has 0 fully saturated rings. The number of benzene rings is 2. The number of hydrogen-bond donors (Lipinski definition) is 3. The summed E-state index contributed by atoms with van der Waals surface area (Å²) in [6, 6.07) is 9.90. The molecule has 0 saturated heterocycles. The van der Waals surface area contributed by atoms with Crippen LogP contribution in [0.25, 0.3) is 0 Å². The molecule has 1 heterocycles. The van der Waals surface area contributed by atoms with Crippen LogP contribution in [-0.4, -0.2) is 44.7 Å². The highest BCUT2D eigenvalue weighted by Crippen LogP contribution is 2.40. The maximum absolute atomic E-state index is 13.5. The van der Waals surface area contributed by atoms with Crippen molar-refractivity contribution in [3.8, 4) is 11.8 Å². The van der Waals surface area contributed by atoms with Crippen molar-refractivity contribution < 1.29 is 27.9 Å². The first kappa shape index (κ1) is 22.2. The maximum Gasteiger partial charge on any atom is 0.409 e. The smallest absolute Gasteiger partial charge is 0.409 e. The van der Waals surface area contributed by atoms with E-state index in [-0.39, 0.29) is 51.6 Å². The first-order chi connectivity index (χ1) is 14.6. The van der Waals surface area contributed by atoms with Crippen molar-refractivity contribution in [3.63, 3.8) is 0 Å². The van der Waals surface area contributed by atoms with Crippen LogP contribution in [0.2, 0.25) is 5.02 Å². The molecular formula is C19H17ClN4O6S. The molecule has 0 radical (unpaired) electrons. The van der Waals surface area contributed by atoms with Gasteiger partial charge in [0.2, 0.25) is 5.91 Å². The van der Waals surface area contributed by atoms with E-state index in [2.05, 4.69) is 10.6 Å². The van der Waals surface area contributed by atoms with Gasteiger partial charge in [-0.1, -0.05) is 11.6 Å². The SMILES string of the molecule is CC(=O)NCC1CN(S(=O)(=O)c2cc(C#N)ccc2Cl)c2cc(NC(=O)O)ccc2O1. The van der Waals surface area contributed by atoms with Crippen molar-refractivity contribution in [1.29, 1.82) is 5.26 Å². The summed E-state index contributed by atoms with van der Waals surface area (Å²) in [5.41, 5.74) is 0.323. The van der Waals surface area contributed by atoms with E-state index in [0.717, 1.165) is 10.4 Å². The quantitative estimate of drug-likeness (QED) is 0.614. The molecule has 1 atom stereocenters. The summed E-state index contributed by atoms with van der Waals surface area (Å²) in [4.78, 5) is 22.0. The Labute approximate surface area is 183 Å². The molecule has 0 aromatic heterocycles. The topological polar surface area (TPSA) is 149 Å². The standard InChI is InChI=1S/C19H17ClN4O6S/c1-11(25)22-9-14-10-24(16-7-13(23-19(26)27)3-5-17(16)30-14)31(28,29)18-6-12(8-21)2-4-15(18)20/h2-7,14,23H,9-10H2,1H3,(H,22,25)(H,26,27). The van der Waals surface area contributed by atoms with E-state index in [4.69, 9.17) is 26.7 Å². The highest BCUT2D eigenvalue weighted by molar-refractivity contribution is 7.93. The molecule has 0 saturated carbocycles. The molecule has 162 valence electrons. The lowest BCUT2D eigenvalue weighted by Gasteiger charge is -2.36. The average Bonchev–Trinajstić information content (AvgIpc) is 2.71. The van der Waals surface area contributed by atoms with Gasteiger partial charge in [0.25, 0.3) is 10.0 Å². The third-order valence-electron chi connectivity index (χ3n) is 4.35. The number of carbonyl (C=O) groups is 2. The van der Waals surface area contributed by atoms with Gasteiger partial charge in [-0.05, 0) is 36.4 Å². The Balaban J connectivity index is 2.11. The Bertz CT molecular complexity index is 1190. The summed E-state index contributed by atoms with van der Waals surface area (Å²) in [6.45, 7) is 1.18. The zero-order valence-electron chi connectivity index (χ0n) is 16.1. The highest BCUT2D eigenvalue weighted by Gasteiger charge is 2.36. The van der Waals surface area contributed by atoms with Crippen molar-refractivity contribution in [3.05, 3.63) is 47.0 Å². The predicted octanol–water partition coefficient (Wildman–Crippen LogP) is 2.39. The minimum Gasteiger partial charge on any atom is -0.484 e. The molecule has 0 aliphatic carbocycles. The van der Waals surface area contributed by atoms with Gasteiger partial charge in [-0.25, -0.2) is 13.2 Å². The summed E-state index contributed by atoms with van der Waals surface area (Å²) in [5.74, 6) is -0.136. The number of nitriles is 1. The van der Waals surface area contributed by atoms with Gasteiger partial charge in [-0.3, -0.25) is 14.4 Å². The van der Waals surface area contributed by atoms with Gasteiger partial charge in [0.1, 0.15) is 16.7 Å². The molecule has 10 nitrogen and oxygen atoms in total. The Kier molecular flexibility index (Phi) is 6.24. The number of amides is 2. The van der Waals surface area contributed by atoms with Crippen LogP contribution in [0.3, 0.4) is 0 Å². The molecule has 0 spiro atoms. The van der Waals surface area contributed by atoms with Gasteiger partial charge < -0.3 is 15.2 Å². The molecular weight excluding hydrogens is 448 g/mol. The number of carbonyl (C=O) groups excluding carboxylic acids is 1. The summed E-state index contributed by atoms with van der Waals surface area (Å²) >= 11 is 6.13. The van der Waals surface area contributed by atoms with Crippen LogP contribution in [0.15, 0.2) is 41.3 Å². The molecule has 2 aromatic rings. The van der Waals surface area contributed by atoms with Crippen molar-refractivity contribution in [2.45, 2.75) is 17.9 Å². The molecule has 3 N–H and O–H groups in total. The zero-order chi connectivity index (χ0) is 22.8. The van der Waals surface area contributed by atoms with Gasteiger partial charge in [0, 0.05) is 12.6 Å². The van der Waals surface area contributed by atoms with Crippen LogP contribution in [-0.2, 0) is 14.8 Å². The number of anilines is 2. The number of rotatable bonds is 5. The van der Waals surface area contributed by atoms with Crippen LogP contribution in [0.5, 0.6) is 5.75 Å². The lowest BCUT2D eigenvalue weighted by Crippen LogP contribution is -2.48. The summed E-state index contributed by atoms with van der Waals surface area (Å²) < 4.78 is 33.8. The number of sulfonamides is 1. The Morgan fingerprint density at radius 2 is 2.06 bits per heavy atom. The van der Waals surface area contributed by atoms with Gasteiger partial charge in [0.05, 0.1) is 35.4 Å². The van der Waals surface area contributed by atoms with Gasteiger partial charge in [-0.2, -0.15) is 5.26 Å². The van der Waals surface area contributed by atoms with E-state index in [1.807, 2.05) is 6.07 Å². The number of hydrogen-bond acceptors (Lipinski definition) is 6. The summed E-state index contributed by atoms with van der Waals surface area (Å²) in [7, 11) is -4.27. The predicted molar refractivity (Wildman–Crippen MR) is 112 cm³/mol. The fraction of sp³-hybridized carbons (Fsp3) is 0.211. The van der Waals surface area contributed by atoms with Crippen LogP contribution >= 0.6 is 11.6 Å². The van der Waals surface area contributed by atoms with E-state index >= 15 is 0 Å². The van der Waals surface area contributed by atoms with Crippen molar-refractivity contribution in [2.24, 2.45) is 0 Å². The fourth-order valence-corrected chi connectivity index (χ4v) is 5.00. The van der Waals surface area contributed by atoms with Crippen molar-refractivity contribution in [2.75, 3.05) is 22.7 Å². The second kappa shape index (κ2) is 8.71.